The second kappa shape index (κ2) is 5.20. The molecule has 0 radical (unpaired) electrons. The van der Waals surface area contributed by atoms with E-state index in [0.717, 1.165) is 29.6 Å². The van der Waals surface area contributed by atoms with Crippen molar-refractivity contribution in [2.24, 2.45) is 5.73 Å². The van der Waals surface area contributed by atoms with Crippen LogP contribution in [0.25, 0.3) is 11.0 Å². The van der Waals surface area contributed by atoms with Gasteiger partial charge < -0.3 is 10.3 Å². The molecule has 96 valence electrons. The molecule has 4 nitrogen and oxygen atoms in total. The molecule has 0 saturated carbocycles. The van der Waals surface area contributed by atoms with Gasteiger partial charge in [-0.3, -0.25) is 4.98 Å². The van der Waals surface area contributed by atoms with Crippen molar-refractivity contribution in [3.8, 4) is 0 Å². The van der Waals surface area contributed by atoms with Crippen molar-refractivity contribution in [2.75, 3.05) is 0 Å². The molecule has 3 aromatic rings. The van der Waals surface area contributed by atoms with Crippen molar-refractivity contribution < 1.29 is 0 Å². The molecule has 0 unspecified atom stereocenters. The summed E-state index contributed by atoms with van der Waals surface area (Å²) in [6.45, 7) is 1.45. The maximum atomic E-state index is 5.79. The summed E-state index contributed by atoms with van der Waals surface area (Å²) < 4.78 is 2.18. The highest BCUT2D eigenvalue weighted by Crippen LogP contribution is 2.19. The summed E-state index contributed by atoms with van der Waals surface area (Å²) in [6.07, 6.45) is 8.55. The minimum Gasteiger partial charge on any atom is -0.332 e. The molecule has 0 amide bonds. The van der Waals surface area contributed by atoms with Crippen LogP contribution in [0.3, 0.4) is 0 Å². The van der Waals surface area contributed by atoms with E-state index in [9.17, 15) is 0 Å². The molecule has 3 aromatic heterocycles. The summed E-state index contributed by atoms with van der Waals surface area (Å²) >= 11 is 0. The molecule has 0 aliphatic heterocycles. The summed E-state index contributed by atoms with van der Waals surface area (Å²) in [5.74, 6) is 0. The van der Waals surface area contributed by atoms with E-state index >= 15 is 0 Å². The fraction of sp³-hybridized carbons (Fsp3) is 0.200. The minimum atomic E-state index is 0.546. The standard InChI is InChI=1S/C15H16N4/c16-10-13-11-19(15-14(13)2-1-6-18-15)9-5-12-3-7-17-8-4-12/h1-4,6-8,11H,5,9-10,16H2. The molecule has 0 aromatic carbocycles. The second-order valence-electron chi connectivity index (χ2n) is 4.53. The number of nitrogens with two attached hydrogens (primary N) is 1. The Morgan fingerprint density at radius 1 is 1.11 bits per heavy atom. The van der Waals surface area contributed by atoms with Crippen LogP contribution >= 0.6 is 0 Å². The first-order valence-electron chi connectivity index (χ1n) is 6.40. The maximum absolute atomic E-state index is 5.79. The van der Waals surface area contributed by atoms with Crippen LogP contribution in [-0.4, -0.2) is 14.5 Å². The van der Waals surface area contributed by atoms with Crippen molar-refractivity contribution in [3.05, 3.63) is 60.2 Å². The Kier molecular flexibility index (Phi) is 3.25. The molecule has 0 aliphatic rings. The quantitative estimate of drug-likeness (QED) is 0.774. The Morgan fingerprint density at radius 2 is 1.95 bits per heavy atom. The predicted molar refractivity (Wildman–Crippen MR) is 75.6 cm³/mol. The van der Waals surface area contributed by atoms with Gasteiger partial charge in [0.25, 0.3) is 0 Å². The van der Waals surface area contributed by atoms with Gasteiger partial charge >= 0.3 is 0 Å². The van der Waals surface area contributed by atoms with Gasteiger partial charge in [0, 0.05) is 43.3 Å². The van der Waals surface area contributed by atoms with Gasteiger partial charge in [0.05, 0.1) is 0 Å². The molecule has 2 N–H and O–H groups in total. The summed E-state index contributed by atoms with van der Waals surface area (Å²) in [6, 6.07) is 8.12. The molecule has 19 heavy (non-hydrogen) atoms. The van der Waals surface area contributed by atoms with Crippen LogP contribution < -0.4 is 5.73 Å². The third-order valence-corrected chi connectivity index (χ3v) is 3.33. The lowest BCUT2D eigenvalue weighted by molar-refractivity contribution is 0.712. The average Bonchev–Trinajstić information content (AvgIpc) is 2.84. The molecule has 0 spiro atoms. The zero-order chi connectivity index (χ0) is 13.1. The Hall–Kier alpha value is -2.20. The number of rotatable bonds is 4. The van der Waals surface area contributed by atoms with E-state index in [0.29, 0.717) is 6.54 Å². The van der Waals surface area contributed by atoms with E-state index in [2.05, 4.69) is 26.8 Å². The van der Waals surface area contributed by atoms with E-state index < -0.39 is 0 Å². The first-order valence-corrected chi connectivity index (χ1v) is 6.40. The Bertz CT molecular complexity index is 673. The van der Waals surface area contributed by atoms with E-state index in [-0.39, 0.29) is 0 Å². The fourth-order valence-corrected chi connectivity index (χ4v) is 2.33. The number of hydrogen-bond donors (Lipinski definition) is 1. The third-order valence-electron chi connectivity index (χ3n) is 3.33. The molecule has 0 bridgehead atoms. The van der Waals surface area contributed by atoms with Crippen LogP contribution in [0.5, 0.6) is 0 Å². The molecule has 0 atom stereocenters. The van der Waals surface area contributed by atoms with Gasteiger partial charge in [0.1, 0.15) is 5.65 Å². The monoisotopic (exact) mass is 252 g/mol. The normalized spacial score (nSPS) is 11.0. The number of aryl methyl sites for hydroxylation is 2. The Balaban J connectivity index is 1.89. The Morgan fingerprint density at radius 3 is 2.74 bits per heavy atom. The van der Waals surface area contributed by atoms with Crippen LogP contribution in [0, 0.1) is 0 Å². The molecule has 0 aliphatic carbocycles. The third kappa shape index (κ3) is 2.35. The largest absolute Gasteiger partial charge is 0.332 e. The predicted octanol–water partition coefficient (Wildman–Crippen LogP) is 2.13. The first kappa shape index (κ1) is 11.9. The van der Waals surface area contributed by atoms with Gasteiger partial charge in [0.2, 0.25) is 0 Å². The summed E-state index contributed by atoms with van der Waals surface area (Å²) in [5, 5.41) is 1.15. The molecule has 0 saturated heterocycles. The number of hydrogen-bond acceptors (Lipinski definition) is 3. The smallest absolute Gasteiger partial charge is 0.140 e. The molecule has 3 heterocycles. The fourth-order valence-electron chi connectivity index (χ4n) is 2.33. The van der Waals surface area contributed by atoms with Gasteiger partial charge in [-0.05, 0) is 41.8 Å². The van der Waals surface area contributed by atoms with E-state index in [1.165, 1.54) is 5.56 Å². The van der Waals surface area contributed by atoms with Gasteiger partial charge in [-0.1, -0.05) is 0 Å². The van der Waals surface area contributed by atoms with Crippen LogP contribution in [0.15, 0.2) is 49.1 Å². The first-order chi connectivity index (χ1) is 9.38. The maximum Gasteiger partial charge on any atom is 0.140 e. The molecule has 0 fully saturated rings. The highest BCUT2D eigenvalue weighted by molar-refractivity contribution is 5.80. The van der Waals surface area contributed by atoms with Crippen molar-refractivity contribution in [2.45, 2.75) is 19.5 Å². The second-order valence-corrected chi connectivity index (χ2v) is 4.53. The highest BCUT2D eigenvalue weighted by atomic mass is 15.0. The van der Waals surface area contributed by atoms with Gasteiger partial charge in [-0.2, -0.15) is 0 Å². The van der Waals surface area contributed by atoms with Crippen LogP contribution in [0.2, 0.25) is 0 Å². The summed E-state index contributed by atoms with van der Waals surface area (Å²) in [7, 11) is 0. The number of pyridine rings is 2. The topological polar surface area (TPSA) is 56.7 Å². The highest BCUT2D eigenvalue weighted by Gasteiger charge is 2.07. The SMILES string of the molecule is NCc1cn(CCc2ccncc2)c2ncccc12. The molecule has 3 rings (SSSR count). The lowest BCUT2D eigenvalue weighted by Gasteiger charge is -2.04. The lowest BCUT2D eigenvalue weighted by Crippen LogP contribution is -2.01. The van der Waals surface area contributed by atoms with Crippen molar-refractivity contribution in [3.63, 3.8) is 0 Å². The van der Waals surface area contributed by atoms with Gasteiger partial charge in [-0.15, -0.1) is 0 Å². The summed E-state index contributed by atoms with van der Waals surface area (Å²) in [4.78, 5) is 8.49. The average molecular weight is 252 g/mol. The van der Waals surface area contributed by atoms with Crippen molar-refractivity contribution in [1.29, 1.82) is 0 Å². The van der Waals surface area contributed by atoms with Crippen molar-refractivity contribution >= 4 is 11.0 Å². The van der Waals surface area contributed by atoms with Crippen LogP contribution in [0.1, 0.15) is 11.1 Å². The summed E-state index contributed by atoms with van der Waals surface area (Å²) in [5.41, 5.74) is 9.23. The number of aromatic nitrogens is 3. The molecule has 4 heteroatoms. The zero-order valence-electron chi connectivity index (χ0n) is 10.7. The molecular weight excluding hydrogens is 236 g/mol. The van der Waals surface area contributed by atoms with E-state index in [1.54, 1.807) is 0 Å². The number of fused-ring (bicyclic) bond motifs is 1. The Labute approximate surface area is 111 Å². The van der Waals surface area contributed by atoms with Gasteiger partial charge in [0.15, 0.2) is 0 Å². The number of nitrogens with zero attached hydrogens (tertiary/aromatic N) is 3. The minimum absolute atomic E-state index is 0.546. The van der Waals surface area contributed by atoms with Crippen molar-refractivity contribution in [1.82, 2.24) is 14.5 Å². The van der Waals surface area contributed by atoms with E-state index in [4.69, 9.17) is 5.73 Å². The van der Waals surface area contributed by atoms with Gasteiger partial charge in [-0.25, -0.2) is 4.98 Å². The lowest BCUT2D eigenvalue weighted by atomic mass is 10.2. The molecular formula is C15H16N4. The van der Waals surface area contributed by atoms with Crippen LogP contribution in [-0.2, 0) is 19.5 Å². The van der Waals surface area contributed by atoms with Crippen LogP contribution in [0.4, 0.5) is 0 Å². The van der Waals surface area contributed by atoms with E-state index in [1.807, 2.05) is 36.8 Å². The zero-order valence-corrected chi connectivity index (χ0v) is 10.7.